The van der Waals surface area contributed by atoms with Gasteiger partial charge in [-0.3, -0.25) is 5.43 Å². The van der Waals surface area contributed by atoms with Gasteiger partial charge in [-0.1, -0.05) is 5.16 Å². The van der Waals surface area contributed by atoms with Crippen LogP contribution in [0.25, 0.3) is 0 Å². The van der Waals surface area contributed by atoms with Gasteiger partial charge in [0.05, 0.1) is 0 Å². The van der Waals surface area contributed by atoms with Crippen molar-refractivity contribution in [1.82, 2.24) is 10.1 Å². The SMILES string of the molecule is NNc1nc(Cc2cc(F)cc(F)c2)no1. The van der Waals surface area contributed by atoms with Crippen LogP contribution in [0.15, 0.2) is 22.7 Å². The molecule has 16 heavy (non-hydrogen) atoms. The average molecular weight is 226 g/mol. The van der Waals surface area contributed by atoms with Crippen molar-refractivity contribution in [2.24, 2.45) is 5.84 Å². The molecular formula is C9H8F2N4O. The molecular weight excluding hydrogens is 218 g/mol. The summed E-state index contributed by atoms with van der Waals surface area (Å²) < 4.78 is 30.4. The van der Waals surface area contributed by atoms with E-state index in [0.717, 1.165) is 6.07 Å². The van der Waals surface area contributed by atoms with Crippen molar-refractivity contribution >= 4 is 6.01 Å². The lowest BCUT2D eigenvalue weighted by Crippen LogP contribution is -2.06. The van der Waals surface area contributed by atoms with Crippen LogP contribution in [-0.2, 0) is 6.42 Å². The number of anilines is 1. The largest absolute Gasteiger partial charge is 0.335 e. The van der Waals surface area contributed by atoms with E-state index in [-0.39, 0.29) is 18.3 Å². The number of aromatic nitrogens is 2. The van der Waals surface area contributed by atoms with Gasteiger partial charge < -0.3 is 4.52 Å². The van der Waals surface area contributed by atoms with E-state index in [9.17, 15) is 8.78 Å². The molecule has 84 valence electrons. The van der Waals surface area contributed by atoms with Crippen LogP contribution in [0.4, 0.5) is 14.8 Å². The summed E-state index contributed by atoms with van der Waals surface area (Å²) in [7, 11) is 0. The lowest BCUT2D eigenvalue weighted by Gasteiger charge is -1.97. The number of nitrogen functional groups attached to an aromatic ring is 1. The van der Waals surface area contributed by atoms with Gasteiger partial charge in [0.1, 0.15) is 11.6 Å². The highest BCUT2D eigenvalue weighted by molar-refractivity contribution is 5.23. The zero-order chi connectivity index (χ0) is 11.5. The summed E-state index contributed by atoms with van der Waals surface area (Å²) in [5.74, 6) is 4.04. The molecule has 0 bridgehead atoms. The Morgan fingerprint density at radius 3 is 2.50 bits per heavy atom. The molecule has 0 spiro atoms. The van der Waals surface area contributed by atoms with Crippen molar-refractivity contribution < 1.29 is 13.3 Å². The third-order valence-corrected chi connectivity index (χ3v) is 1.88. The molecule has 1 heterocycles. The van der Waals surface area contributed by atoms with Gasteiger partial charge in [0.15, 0.2) is 5.82 Å². The topological polar surface area (TPSA) is 77.0 Å². The van der Waals surface area contributed by atoms with Gasteiger partial charge in [-0.25, -0.2) is 14.6 Å². The Morgan fingerprint density at radius 2 is 1.94 bits per heavy atom. The minimum Gasteiger partial charge on any atom is -0.314 e. The predicted molar refractivity (Wildman–Crippen MR) is 51.3 cm³/mol. The summed E-state index contributed by atoms with van der Waals surface area (Å²) in [6, 6.07) is 3.25. The quantitative estimate of drug-likeness (QED) is 0.608. The lowest BCUT2D eigenvalue weighted by molar-refractivity contribution is 0.424. The monoisotopic (exact) mass is 226 g/mol. The molecule has 7 heteroatoms. The van der Waals surface area contributed by atoms with Crippen LogP contribution in [0.3, 0.4) is 0 Å². The molecule has 0 saturated heterocycles. The zero-order valence-corrected chi connectivity index (χ0v) is 8.08. The van der Waals surface area contributed by atoms with Gasteiger partial charge in [0.2, 0.25) is 0 Å². The third kappa shape index (κ3) is 2.31. The van der Waals surface area contributed by atoms with E-state index in [1.807, 2.05) is 0 Å². The van der Waals surface area contributed by atoms with E-state index in [1.54, 1.807) is 0 Å². The fraction of sp³-hybridized carbons (Fsp3) is 0.111. The van der Waals surface area contributed by atoms with Crippen molar-refractivity contribution in [3.8, 4) is 0 Å². The summed E-state index contributed by atoms with van der Waals surface area (Å²) in [6.45, 7) is 0. The zero-order valence-electron chi connectivity index (χ0n) is 8.08. The number of nitrogens with one attached hydrogen (secondary N) is 1. The first-order valence-electron chi connectivity index (χ1n) is 4.41. The van der Waals surface area contributed by atoms with Gasteiger partial charge in [0, 0.05) is 12.5 Å². The third-order valence-electron chi connectivity index (χ3n) is 1.88. The molecule has 2 rings (SSSR count). The molecule has 1 aromatic heterocycles. The van der Waals surface area contributed by atoms with Crippen LogP contribution < -0.4 is 11.3 Å². The molecule has 5 nitrogen and oxygen atoms in total. The highest BCUT2D eigenvalue weighted by atomic mass is 19.1. The van der Waals surface area contributed by atoms with E-state index in [0.29, 0.717) is 5.56 Å². The van der Waals surface area contributed by atoms with Crippen molar-refractivity contribution in [3.05, 3.63) is 41.2 Å². The van der Waals surface area contributed by atoms with E-state index in [1.165, 1.54) is 12.1 Å². The Morgan fingerprint density at radius 1 is 1.25 bits per heavy atom. The van der Waals surface area contributed by atoms with Crippen molar-refractivity contribution in [2.75, 3.05) is 5.43 Å². The second-order valence-corrected chi connectivity index (χ2v) is 3.11. The second kappa shape index (κ2) is 4.23. The summed E-state index contributed by atoms with van der Waals surface area (Å²) in [5.41, 5.74) is 2.59. The highest BCUT2D eigenvalue weighted by Gasteiger charge is 2.07. The molecule has 0 aliphatic carbocycles. The maximum absolute atomic E-state index is 12.9. The molecule has 2 aromatic rings. The van der Waals surface area contributed by atoms with Crippen LogP contribution in [0.5, 0.6) is 0 Å². The summed E-state index contributed by atoms with van der Waals surface area (Å²) >= 11 is 0. The fourth-order valence-electron chi connectivity index (χ4n) is 1.28. The first-order valence-corrected chi connectivity index (χ1v) is 4.41. The van der Waals surface area contributed by atoms with Gasteiger partial charge in [-0.05, 0) is 17.7 Å². The van der Waals surface area contributed by atoms with Gasteiger partial charge in [-0.15, -0.1) is 0 Å². The lowest BCUT2D eigenvalue weighted by atomic mass is 10.1. The molecule has 1 aromatic carbocycles. The number of nitrogens with two attached hydrogens (primary N) is 1. The van der Waals surface area contributed by atoms with E-state index < -0.39 is 11.6 Å². The number of hydrazine groups is 1. The van der Waals surface area contributed by atoms with Crippen LogP contribution in [-0.4, -0.2) is 10.1 Å². The Labute approximate surface area is 89.2 Å². The molecule has 3 N–H and O–H groups in total. The molecule has 0 fully saturated rings. The molecule has 0 amide bonds. The molecule has 0 atom stereocenters. The normalized spacial score (nSPS) is 10.4. The molecule has 0 aliphatic rings. The molecule has 0 radical (unpaired) electrons. The Kier molecular flexibility index (Phi) is 2.78. The van der Waals surface area contributed by atoms with Crippen LogP contribution in [0.2, 0.25) is 0 Å². The first-order chi connectivity index (χ1) is 7.67. The van der Waals surface area contributed by atoms with Gasteiger partial charge in [0.25, 0.3) is 0 Å². The number of hydrogen-bond acceptors (Lipinski definition) is 5. The summed E-state index contributed by atoms with van der Waals surface area (Å²) in [6.07, 6.45) is 0.167. The van der Waals surface area contributed by atoms with E-state index in [2.05, 4.69) is 20.1 Å². The first kappa shape index (κ1) is 10.5. The molecule has 0 unspecified atom stereocenters. The maximum Gasteiger partial charge on any atom is 0.335 e. The van der Waals surface area contributed by atoms with E-state index >= 15 is 0 Å². The Bertz CT molecular complexity index is 480. The number of hydrogen-bond donors (Lipinski definition) is 2. The number of halogens is 2. The molecule has 0 aliphatic heterocycles. The Hall–Kier alpha value is -2.02. The smallest absolute Gasteiger partial charge is 0.314 e. The number of nitrogens with zero attached hydrogens (tertiary/aromatic N) is 2. The van der Waals surface area contributed by atoms with Gasteiger partial charge >= 0.3 is 6.01 Å². The van der Waals surface area contributed by atoms with Gasteiger partial charge in [-0.2, -0.15) is 4.98 Å². The van der Waals surface area contributed by atoms with Crippen LogP contribution in [0.1, 0.15) is 11.4 Å². The van der Waals surface area contributed by atoms with Crippen LogP contribution >= 0.6 is 0 Å². The predicted octanol–water partition coefficient (Wildman–Crippen LogP) is 1.22. The molecule has 0 saturated carbocycles. The summed E-state index contributed by atoms with van der Waals surface area (Å²) in [4.78, 5) is 3.82. The van der Waals surface area contributed by atoms with Crippen molar-refractivity contribution in [2.45, 2.75) is 6.42 Å². The summed E-state index contributed by atoms with van der Waals surface area (Å²) in [5, 5.41) is 3.57. The van der Waals surface area contributed by atoms with Crippen molar-refractivity contribution in [3.63, 3.8) is 0 Å². The minimum absolute atomic E-state index is 0.0480. The number of rotatable bonds is 3. The van der Waals surface area contributed by atoms with Crippen molar-refractivity contribution in [1.29, 1.82) is 0 Å². The second-order valence-electron chi connectivity index (χ2n) is 3.11. The maximum atomic E-state index is 12.9. The highest BCUT2D eigenvalue weighted by Crippen LogP contribution is 2.12. The fourth-order valence-corrected chi connectivity index (χ4v) is 1.28. The number of benzene rings is 1. The Balaban J connectivity index is 2.19. The minimum atomic E-state index is -0.643. The standard InChI is InChI=1S/C9H8F2N4O/c10-6-1-5(2-7(11)4-6)3-8-13-9(14-12)16-15-8/h1-2,4H,3,12H2,(H,13,14,15). The average Bonchev–Trinajstić information content (AvgIpc) is 2.64. The van der Waals surface area contributed by atoms with Crippen LogP contribution in [0, 0.1) is 11.6 Å². The van der Waals surface area contributed by atoms with E-state index in [4.69, 9.17) is 5.84 Å².